The van der Waals surface area contributed by atoms with Gasteiger partial charge in [-0.15, -0.1) is 0 Å². The Morgan fingerprint density at radius 2 is 1.62 bits per heavy atom. The molecule has 2 aromatic carbocycles. The maximum Gasteiger partial charge on any atom is 0.305 e. The zero-order valence-electron chi connectivity index (χ0n) is 21.4. The molecule has 1 aromatic heterocycles. The van der Waals surface area contributed by atoms with Gasteiger partial charge in [0.15, 0.2) is 0 Å². The van der Waals surface area contributed by atoms with Gasteiger partial charge in [-0.05, 0) is 54.2 Å². The number of benzene rings is 2. The van der Waals surface area contributed by atoms with Gasteiger partial charge in [-0.3, -0.25) is 14.4 Å². The molecule has 0 saturated carbocycles. The fraction of sp³-hybridized carbons (Fsp3) is 0.286. The molecule has 0 saturated heterocycles. The average Bonchev–Trinajstić information content (AvgIpc) is 2.87. The molecule has 37 heavy (non-hydrogen) atoms. The van der Waals surface area contributed by atoms with Crippen molar-refractivity contribution in [3.8, 4) is 11.1 Å². The Balaban J connectivity index is 0.00000481. The van der Waals surface area contributed by atoms with Crippen molar-refractivity contribution in [3.05, 3.63) is 84.1 Å². The van der Waals surface area contributed by atoms with Crippen LogP contribution >= 0.6 is 0 Å². The molecule has 4 N–H and O–H groups in total. The van der Waals surface area contributed by atoms with Gasteiger partial charge in [-0.2, -0.15) is 0 Å². The first-order chi connectivity index (χ1) is 17.4. The van der Waals surface area contributed by atoms with E-state index in [-0.39, 0.29) is 48.4 Å². The molecule has 1 radical (unpaired) electrons. The first-order valence-corrected chi connectivity index (χ1v) is 12.0. The number of carboxylic acids is 1. The van der Waals surface area contributed by atoms with E-state index in [2.05, 4.69) is 20.9 Å². The number of hydrogen-bond donors (Lipinski definition) is 4. The number of aromatic nitrogens is 1. The minimum Gasteiger partial charge on any atom is -0.481 e. The molecule has 0 aliphatic heterocycles. The van der Waals surface area contributed by atoms with Gasteiger partial charge in [0, 0.05) is 48.7 Å². The Morgan fingerprint density at radius 1 is 0.919 bits per heavy atom. The van der Waals surface area contributed by atoms with Gasteiger partial charge < -0.3 is 21.1 Å². The van der Waals surface area contributed by atoms with E-state index in [4.69, 9.17) is 0 Å². The molecule has 0 bridgehead atoms. The van der Waals surface area contributed by atoms with Gasteiger partial charge in [0.2, 0.25) is 11.8 Å². The van der Waals surface area contributed by atoms with Crippen molar-refractivity contribution < 1.29 is 19.5 Å². The minimum absolute atomic E-state index is 0. The Hall–Kier alpha value is -3.20. The molecule has 3 aromatic rings. The number of nitrogens with one attached hydrogen (secondary N) is 3. The number of amides is 2. The molecule has 1 unspecified atom stereocenters. The zero-order valence-corrected chi connectivity index (χ0v) is 23.4. The predicted octanol–water partition coefficient (Wildman–Crippen LogP) is 3.71. The molecule has 0 aliphatic carbocycles. The number of unbranched alkanes of at least 4 members (excludes halogenated alkanes) is 1. The van der Waals surface area contributed by atoms with Gasteiger partial charge in [0.05, 0.1) is 19.0 Å². The van der Waals surface area contributed by atoms with Crippen LogP contribution in [0.4, 0.5) is 5.82 Å². The van der Waals surface area contributed by atoms with Crippen molar-refractivity contribution in [3.63, 3.8) is 0 Å². The van der Waals surface area contributed by atoms with Crippen molar-refractivity contribution in [2.45, 2.75) is 38.6 Å². The van der Waals surface area contributed by atoms with E-state index < -0.39 is 17.9 Å². The van der Waals surface area contributed by atoms with E-state index in [1.165, 1.54) is 0 Å². The maximum absolute atomic E-state index is 12.4. The van der Waals surface area contributed by atoms with Gasteiger partial charge in [0.25, 0.3) is 0 Å². The molecule has 2 amide bonds. The third kappa shape index (κ3) is 10.8. The number of carboxylic acid groups (broad SMARTS) is 1. The normalized spacial score (nSPS) is 11.1. The Morgan fingerprint density at radius 3 is 2.30 bits per heavy atom. The van der Waals surface area contributed by atoms with Crippen molar-refractivity contribution in [2.24, 2.45) is 0 Å². The molecule has 0 fully saturated rings. The molecule has 0 aliphatic rings. The monoisotopic (exact) mass is 511 g/mol. The topological polar surface area (TPSA) is 120 Å². The van der Waals surface area contributed by atoms with E-state index in [9.17, 15) is 19.5 Å². The number of rotatable bonds is 13. The Bertz CT molecular complexity index is 1160. The molecular weight excluding hydrogens is 479 g/mol. The SMILES string of the molecule is Cc1ccnc(NCCCCC(=O)NCC(=O)NC(CC(=O)O)c2ccc(-c3ccccc3)cc2)c1.[Na]. The molecular formula is C28H32N4NaO4. The summed E-state index contributed by atoms with van der Waals surface area (Å²) in [5.74, 6) is -0.873. The summed E-state index contributed by atoms with van der Waals surface area (Å²) >= 11 is 0. The van der Waals surface area contributed by atoms with E-state index in [1.54, 1.807) is 6.20 Å². The summed E-state index contributed by atoms with van der Waals surface area (Å²) in [6.07, 6.45) is 3.25. The van der Waals surface area contributed by atoms with Gasteiger partial charge in [0.1, 0.15) is 5.82 Å². The number of aryl methyl sites for hydroxylation is 1. The summed E-state index contributed by atoms with van der Waals surface area (Å²) in [6.45, 7) is 2.49. The van der Waals surface area contributed by atoms with Crippen molar-refractivity contribution in [1.82, 2.24) is 15.6 Å². The number of carbonyl (C=O) groups excluding carboxylic acids is 2. The van der Waals surface area contributed by atoms with Crippen LogP contribution < -0.4 is 16.0 Å². The Labute approximate surface area is 239 Å². The van der Waals surface area contributed by atoms with Crippen molar-refractivity contribution in [2.75, 3.05) is 18.4 Å². The van der Waals surface area contributed by atoms with Crippen LogP contribution in [0.1, 0.15) is 42.9 Å². The first-order valence-electron chi connectivity index (χ1n) is 12.0. The summed E-state index contributed by atoms with van der Waals surface area (Å²) < 4.78 is 0. The van der Waals surface area contributed by atoms with Crippen LogP contribution in [-0.2, 0) is 14.4 Å². The van der Waals surface area contributed by atoms with Crippen molar-refractivity contribution in [1.29, 1.82) is 0 Å². The van der Waals surface area contributed by atoms with Crippen LogP contribution in [0, 0.1) is 6.92 Å². The predicted molar refractivity (Wildman–Crippen MR) is 145 cm³/mol. The molecule has 1 atom stereocenters. The fourth-order valence-electron chi connectivity index (χ4n) is 3.74. The second-order valence-corrected chi connectivity index (χ2v) is 8.59. The first kappa shape index (κ1) is 30.0. The number of anilines is 1. The zero-order chi connectivity index (χ0) is 25.8. The summed E-state index contributed by atoms with van der Waals surface area (Å²) in [5, 5.41) is 17.9. The van der Waals surface area contributed by atoms with Gasteiger partial charge >= 0.3 is 5.97 Å². The van der Waals surface area contributed by atoms with Crippen LogP contribution in [0.5, 0.6) is 0 Å². The smallest absolute Gasteiger partial charge is 0.305 e. The average molecular weight is 512 g/mol. The third-order valence-electron chi connectivity index (χ3n) is 5.63. The summed E-state index contributed by atoms with van der Waals surface area (Å²) in [7, 11) is 0. The molecule has 189 valence electrons. The second-order valence-electron chi connectivity index (χ2n) is 8.59. The summed E-state index contributed by atoms with van der Waals surface area (Å²) in [4.78, 5) is 40.1. The minimum atomic E-state index is -1.02. The molecule has 9 heteroatoms. The third-order valence-corrected chi connectivity index (χ3v) is 5.63. The molecule has 3 rings (SSSR count). The van der Waals surface area contributed by atoms with Crippen LogP contribution in [0.15, 0.2) is 72.9 Å². The Kier molecular flexibility index (Phi) is 12.8. The number of nitrogens with zero attached hydrogens (tertiary/aromatic N) is 1. The largest absolute Gasteiger partial charge is 0.481 e. The van der Waals surface area contributed by atoms with Crippen LogP contribution in [-0.4, -0.2) is 70.5 Å². The van der Waals surface area contributed by atoms with Gasteiger partial charge in [-0.25, -0.2) is 4.98 Å². The molecule has 8 nitrogen and oxygen atoms in total. The second kappa shape index (κ2) is 15.8. The van der Waals surface area contributed by atoms with E-state index in [0.29, 0.717) is 24.9 Å². The molecule has 1 heterocycles. The van der Waals surface area contributed by atoms with Crippen LogP contribution in [0.25, 0.3) is 11.1 Å². The van der Waals surface area contributed by atoms with E-state index in [1.807, 2.05) is 73.7 Å². The maximum atomic E-state index is 12.4. The quantitative estimate of drug-likeness (QED) is 0.205. The summed E-state index contributed by atoms with van der Waals surface area (Å²) in [5.41, 5.74) is 3.86. The van der Waals surface area contributed by atoms with Crippen LogP contribution in [0.2, 0.25) is 0 Å². The van der Waals surface area contributed by atoms with E-state index in [0.717, 1.165) is 28.9 Å². The van der Waals surface area contributed by atoms with Crippen LogP contribution in [0.3, 0.4) is 0 Å². The standard InChI is InChI=1S/C28H32N4O4.Na/c1-20-14-16-30-25(17-20)29-15-6-5-9-26(33)31-19-27(34)32-24(18-28(35)36)23-12-10-22(11-13-23)21-7-3-2-4-8-21;/h2-4,7-8,10-14,16-17,24H,5-6,9,15,18-19H2,1H3,(H,29,30)(H,31,33)(H,32,34)(H,35,36);. The number of aliphatic carboxylic acids is 1. The van der Waals surface area contributed by atoms with Gasteiger partial charge in [-0.1, -0.05) is 54.6 Å². The number of carbonyl (C=O) groups is 3. The molecule has 0 spiro atoms. The van der Waals surface area contributed by atoms with Crippen molar-refractivity contribution >= 4 is 53.2 Å². The number of pyridine rings is 1. The van der Waals surface area contributed by atoms with E-state index >= 15 is 0 Å². The fourth-order valence-corrected chi connectivity index (χ4v) is 3.74. The summed E-state index contributed by atoms with van der Waals surface area (Å²) in [6, 6.07) is 20.4. The number of hydrogen-bond acceptors (Lipinski definition) is 5.